The fourth-order valence-electron chi connectivity index (χ4n) is 8.72. The summed E-state index contributed by atoms with van der Waals surface area (Å²) in [5, 5.41) is 12.4. The summed E-state index contributed by atoms with van der Waals surface area (Å²) in [6, 6.07) is 40.0. The summed E-state index contributed by atoms with van der Waals surface area (Å²) in [5.74, 6) is 0.816. The third kappa shape index (κ3) is 8.98. The number of phenols is 1. The Morgan fingerprint density at radius 3 is 1.97 bits per heavy atom. The second kappa shape index (κ2) is 17.6. The first-order chi connectivity index (χ1) is 37.4. The van der Waals surface area contributed by atoms with Gasteiger partial charge in [0, 0.05) is 35.2 Å². The molecule has 0 aliphatic carbocycles. The summed E-state index contributed by atoms with van der Waals surface area (Å²) in [5.41, 5.74) is 7.83. The Balaban J connectivity index is 1.31. The zero-order valence-corrected chi connectivity index (χ0v) is 39.2. The van der Waals surface area contributed by atoms with E-state index in [1.165, 1.54) is 17.8 Å². The minimum atomic E-state index is -3.81. The number of aryl methyl sites for hydroxylation is 1. The van der Waals surface area contributed by atoms with Gasteiger partial charge in [-0.15, -0.1) is 0 Å². The van der Waals surface area contributed by atoms with Crippen LogP contribution < -0.4 is 0 Å². The normalized spacial score (nSPS) is 15.5. The molecular weight excluding hydrogens is 815 g/mol. The van der Waals surface area contributed by atoms with Gasteiger partial charge in [0.25, 0.3) is 0 Å². The van der Waals surface area contributed by atoms with E-state index in [9.17, 15) is 7.85 Å². The molecule has 67 heavy (non-hydrogen) atoms. The van der Waals surface area contributed by atoms with Crippen LogP contribution in [0.2, 0.25) is 0 Å². The Morgan fingerprint density at radius 2 is 1.28 bits per heavy atom. The molecule has 0 spiro atoms. The SMILES string of the molecule is [2H]c1c([2H])c(C(C([2H])([2H])[2H])(C([2H])([2H])[2H])C([2H])([2H])[2H])c([2H])c([2H])c1-c1ccnc(-c2cc(-c3ccccc3)cc(-c3cccc4c3nc(-c3cc(C(C)C)cc(C(C)C)c3O)n4-c3ccc(C)cc3-c3ccc(C(C)(C)C)cc3)c2)c1. The van der Waals surface area contributed by atoms with Crippen LogP contribution in [0.5, 0.6) is 5.75 Å². The molecular formula is C63H63N3O. The van der Waals surface area contributed by atoms with Crippen molar-refractivity contribution in [2.45, 2.75) is 98.6 Å². The summed E-state index contributed by atoms with van der Waals surface area (Å²) in [6.45, 7) is 5.60. The molecule has 0 amide bonds. The van der Waals surface area contributed by atoms with Crippen LogP contribution in [0, 0.1) is 6.92 Å². The Kier molecular flexibility index (Phi) is 8.37. The molecule has 336 valence electrons. The van der Waals surface area contributed by atoms with Crippen molar-refractivity contribution in [1.82, 2.24) is 14.5 Å². The smallest absolute Gasteiger partial charge is 0.149 e. The third-order valence-electron chi connectivity index (χ3n) is 12.5. The van der Waals surface area contributed by atoms with Crippen LogP contribution in [0.4, 0.5) is 0 Å². The first-order valence-corrected chi connectivity index (χ1v) is 22.8. The predicted octanol–water partition coefficient (Wildman–Crippen LogP) is 17.3. The molecule has 0 fully saturated rings. The van der Waals surface area contributed by atoms with Gasteiger partial charge >= 0.3 is 0 Å². The molecule has 0 aliphatic heterocycles. The number of para-hydroxylation sites is 1. The van der Waals surface area contributed by atoms with Gasteiger partial charge in [0.1, 0.15) is 11.6 Å². The van der Waals surface area contributed by atoms with Crippen molar-refractivity contribution in [2.24, 2.45) is 0 Å². The number of pyridine rings is 1. The number of fused-ring (bicyclic) bond motifs is 1. The van der Waals surface area contributed by atoms with E-state index in [0.29, 0.717) is 28.2 Å². The maximum absolute atomic E-state index is 12.4. The molecule has 7 aromatic carbocycles. The van der Waals surface area contributed by atoms with Crippen LogP contribution in [0.15, 0.2) is 164 Å². The highest BCUT2D eigenvalue weighted by Gasteiger charge is 2.26. The number of nitrogens with zero attached hydrogens (tertiary/aromatic N) is 3. The lowest BCUT2D eigenvalue weighted by atomic mass is 9.86. The van der Waals surface area contributed by atoms with Gasteiger partial charge in [0.05, 0.1) is 33.5 Å². The largest absolute Gasteiger partial charge is 0.507 e. The number of benzene rings is 7. The van der Waals surface area contributed by atoms with Gasteiger partial charge in [-0.25, -0.2) is 4.98 Å². The second-order valence-electron chi connectivity index (χ2n) is 19.2. The minimum absolute atomic E-state index is 0.00469. The summed E-state index contributed by atoms with van der Waals surface area (Å²) in [4.78, 5) is 10.3. The molecule has 0 aliphatic rings. The fourth-order valence-corrected chi connectivity index (χ4v) is 8.72. The lowest BCUT2D eigenvalue weighted by Crippen LogP contribution is -2.10. The molecule has 2 heterocycles. The standard InChI is InChI=1S/C63H63N3O/c1-39(2)46-36-53(40(3)4)60(67)55(37-46)61-65-59-52(18-15-19-58(59)66(61)57-29-20-41(5)32-54(57)44-23-27-51(28-24-44)63(9,10)11)48-33-47(42-16-13-12-14-17-42)34-49(35-48)56-38-45(30-31-64-56)43-21-25-50(26-22-43)62(6,7)8/h12-40,67H,1-11H3/i6D3,7D3,8D3,21D,22D,25D,26D. The van der Waals surface area contributed by atoms with Gasteiger partial charge in [-0.3, -0.25) is 9.55 Å². The Hall–Kier alpha value is -7.04. The maximum Gasteiger partial charge on any atom is 0.149 e. The van der Waals surface area contributed by atoms with Crippen molar-refractivity contribution in [2.75, 3.05) is 0 Å². The van der Waals surface area contributed by atoms with Crippen LogP contribution in [0.25, 0.3) is 83.9 Å². The topological polar surface area (TPSA) is 50.9 Å². The van der Waals surface area contributed by atoms with Gasteiger partial charge in [-0.05, 0) is 140 Å². The molecule has 0 unspecified atom stereocenters. The fraction of sp³-hybridized carbons (Fsp3) is 0.238. The van der Waals surface area contributed by atoms with E-state index < -0.39 is 55.7 Å². The predicted molar refractivity (Wildman–Crippen MR) is 283 cm³/mol. The monoisotopic (exact) mass is 891 g/mol. The van der Waals surface area contributed by atoms with Crippen LogP contribution in [-0.4, -0.2) is 19.6 Å². The first-order valence-electron chi connectivity index (χ1n) is 29.3. The third-order valence-corrected chi connectivity index (χ3v) is 12.5. The molecule has 0 saturated carbocycles. The van der Waals surface area contributed by atoms with E-state index in [1.54, 1.807) is 6.07 Å². The number of aromatic nitrogens is 3. The average molecular weight is 891 g/mol. The van der Waals surface area contributed by atoms with Crippen LogP contribution in [-0.2, 0) is 10.8 Å². The van der Waals surface area contributed by atoms with Crippen molar-refractivity contribution in [1.29, 1.82) is 0 Å². The molecule has 0 bridgehead atoms. The molecule has 1 N–H and O–H groups in total. The second-order valence-corrected chi connectivity index (χ2v) is 19.2. The number of rotatable bonds is 9. The van der Waals surface area contributed by atoms with Crippen LogP contribution >= 0.6 is 0 Å². The Morgan fingerprint density at radius 1 is 0.567 bits per heavy atom. The number of hydrogen-bond acceptors (Lipinski definition) is 3. The van der Waals surface area contributed by atoms with E-state index in [4.69, 9.17) is 25.0 Å². The minimum Gasteiger partial charge on any atom is -0.507 e. The summed E-state index contributed by atoms with van der Waals surface area (Å²) >= 11 is 0. The number of imidazole rings is 1. The van der Waals surface area contributed by atoms with E-state index >= 15 is 0 Å². The lowest BCUT2D eigenvalue weighted by Gasteiger charge is -2.21. The van der Waals surface area contributed by atoms with E-state index in [2.05, 4.69) is 115 Å². The summed E-state index contributed by atoms with van der Waals surface area (Å²) < 4.78 is 113. The van der Waals surface area contributed by atoms with Crippen molar-refractivity contribution in [3.63, 3.8) is 0 Å². The number of phenolic OH excluding ortho intramolecular Hbond substituents is 1. The quantitative estimate of drug-likeness (QED) is 0.157. The van der Waals surface area contributed by atoms with Crippen LogP contribution in [0.3, 0.4) is 0 Å². The molecule has 0 radical (unpaired) electrons. The molecule has 0 saturated heterocycles. The zero-order valence-electron chi connectivity index (χ0n) is 52.2. The summed E-state index contributed by atoms with van der Waals surface area (Å²) in [6.07, 6.45) is 1.44. The molecule has 4 nitrogen and oxygen atoms in total. The maximum atomic E-state index is 12.4. The Bertz CT molecular complexity index is 3780. The number of aromatic hydroxyl groups is 1. The van der Waals surface area contributed by atoms with E-state index in [1.807, 2.05) is 66.7 Å². The van der Waals surface area contributed by atoms with Gasteiger partial charge in [0.2, 0.25) is 0 Å². The highest BCUT2D eigenvalue weighted by atomic mass is 16.3. The highest BCUT2D eigenvalue weighted by molar-refractivity contribution is 5.98. The molecule has 9 rings (SSSR count). The zero-order chi connectivity index (χ0) is 58.3. The van der Waals surface area contributed by atoms with Crippen molar-refractivity contribution >= 4 is 11.0 Å². The van der Waals surface area contributed by atoms with Gasteiger partial charge in [0.15, 0.2) is 0 Å². The highest BCUT2D eigenvalue weighted by Crippen LogP contribution is 2.45. The average Bonchev–Trinajstić information content (AvgIpc) is 3.23. The first kappa shape index (κ1) is 31.8. The van der Waals surface area contributed by atoms with Crippen molar-refractivity contribution in [3.8, 4) is 78.6 Å². The van der Waals surface area contributed by atoms with Crippen molar-refractivity contribution in [3.05, 3.63) is 192 Å². The van der Waals surface area contributed by atoms with Crippen molar-refractivity contribution < 1.29 is 22.9 Å². The molecule has 4 heteroatoms. The van der Waals surface area contributed by atoms with Gasteiger partial charge in [-0.2, -0.15) is 0 Å². The molecule has 0 atom stereocenters. The molecule has 9 aromatic rings. The number of hydrogen-bond donors (Lipinski definition) is 1. The van der Waals surface area contributed by atoms with E-state index in [-0.39, 0.29) is 34.1 Å². The van der Waals surface area contributed by atoms with E-state index in [0.717, 1.165) is 61.3 Å². The van der Waals surface area contributed by atoms with Crippen LogP contribution in [0.1, 0.15) is 126 Å². The van der Waals surface area contributed by atoms with Gasteiger partial charge < -0.3 is 5.11 Å². The molecule has 2 aromatic heterocycles. The van der Waals surface area contributed by atoms with Gasteiger partial charge in [-0.1, -0.05) is 178 Å². The summed E-state index contributed by atoms with van der Waals surface area (Å²) in [7, 11) is 0. The lowest BCUT2D eigenvalue weighted by molar-refractivity contribution is 0.466. The Labute approximate surface area is 416 Å².